The van der Waals surface area contributed by atoms with Crippen molar-refractivity contribution in [1.82, 2.24) is 0 Å². The fourth-order valence-corrected chi connectivity index (χ4v) is 1.45. The molecule has 2 rings (SSSR count). The highest BCUT2D eigenvalue weighted by Crippen LogP contribution is 2.40. The van der Waals surface area contributed by atoms with Crippen molar-refractivity contribution < 1.29 is 4.84 Å². The van der Waals surface area contributed by atoms with Gasteiger partial charge in [0, 0.05) is 0 Å². The molecule has 0 aromatic heterocycles. The zero-order valence-electron chi connectivity index (χ0n) is 6.99. The SMILES string of the molecule is NOCc1cccc(C2CC2)c1. The number of benzene rings is 1. The van der Waals surface area contributed by atoms with Crippen LogP contribution in [0, 0.1) is 0 Å². The van der Waals surface area contributed by atoms with Gasteiger partial charge in [-0.25, -0.2) is 5.90 Å². The summed E-state index contributed by atoms with van der Waals surface area (Å²) >= 11 is 0. The summed E-state index contributed by atoms with van der Waals surface area (Å²) in [4.78, 5) is 4.58. The van der Waals surface area contributed by atoms with Crippen LogP contribution in [0.4, 0.5) is 0 Å². The first kappa shape index (κ1) is 7.77. The van der Waals surface area contributed by atoms with E-state index in [9.17, 15) is 0 Å². The monoisotopic (exact) mass is 163 g/mol. The molecule has 0 aliphatic heterocycles. The Morgan fingerprint density at radius 3 is 2.92 bits per heavy atom. The second-order valence-corrected chi connectivity index (χ2v) is 3.33. The molecule has 0 saturated heterocycles. The van der Waals surface area contributed by atoms with E-state index in [4.69, 9.17) is 5.90 Å². The third-order valence-electron chi connectivity index (χ3n) is 2.25. The maximum absolute atomic E-state index is 5.00. The van der Waals surface area contributed by atoms with Crippen molar-refractivity contribution in [3.05, 3.63) is 35.4 Å². The van der Waals surface area contributed by atoms with Gasteiger partial charge in [-0.05, 0) is 29.9 Å². The first-order valence-electron chi connectivity index (χ1n) is 4.30. The molecular weight excluding hydrogens is 150 g/mol. The van der Waals surface area contributed by atoms with Crippen molar-refractivity contribution in [2.75, 3.05) is 0 Å². The molecule has 0 heterocycles. The van der Waals surface area contributed by atoms with E-state index in [0.717, 1.165) is 5.92 Å². The summed E-state index contributed by atoms with van der Waals surface area (Å²) in [5.41, 5.74) is 2.60. The molecule has 2 N–H and O–H groups in total. The van der Waals surface area contributed by atoms with Crippen molar-refractivity contribution in [1.29, 1.82) is 0 Å². The molecular formula is C10H13NO. The lowest BCUT2D eigenvalue weighted by Gasteiger charge is -2.01. The van der Waals surface area contributed by atoms with Gasteiger partial charge in [0.25, 0.3) is 0 Å². The van der Waals surface area contributed by atoms with Crippen molar-refractivity contribution >= 4 is 0 Å². The van der Waals surface area contributed by atoms with Gasteiger partial charge >= 0.3 is 0 Å². The van der Waals surface area contributed by atoms with Gasteiger partial charge in [-0.1, -0.05) is 24.3 Å². The zero-order chi connectivity index (χ0) is 8.39. The number of rotatable bonds is 3. The standard InChI is InChI=1S/C10H13NO/c11-12-7-8-2-1-3-10(6-8)9-4-5-9/h1-3,6,9H,4-5,7,11H2. The molecule has 2 heteroatoms. The zero-order valence-corrected chi connectivity index (χ0v) is 6.99. The van der Waals surface area contributed by atoms with Gasteiger partial charge in [-0.2, -0.15) is 0 Å². The second kappa shape index (κ2) is 3.25. The first-order valence-corrected chi connectivity index (χ1v) is 4.30. The topological polar surface area (TPSA) is 35.2 Å². The fourth-order valence-electron chi connectivity index (χ4n) is 1.45. The van der Waals surface area contributed by atoms with Crippen LogP contribution in [0.15, 0.2) is 24.3 Å². The number of hydrogen-bond acceptors (Lipinski definition) is 2. The Morgan fingerprint density at radius 2 is 2.25 bits per heavy atom. The minimum absolute atomic E-state index is 0.514. The molecule has 1 saturated carbocycles. The quantitative estimate of drug-likeness (QED) is 0.691. The van der Waals surface area contributed by atoms with Gasteiger partial charge in [0.2, 0.25) is 0 Å². The summed E-state index contributed by atoms with van der Waals surface area (Å²) < 4.78 is 0. The minimum Gasteiger partial charge on any atom is -0.300 e. The lowest BCUT2D eigenvalue weighted by Crippen LogP contribution is -1.98. The van der Waals surface area contributed by atoms with Crippen LogP contribution in [-0.4, -0.2) is 0 Å². The van der Waals surface area contributed by atoms with Crippen LogP contribution in [0.3, 0.4) is 0 Å². The summed E-state index contributed by atoms with van der Waals surface area (Å²) in [6.07, 6.45) is 2.68. The Kier molecular flexibility index (Phi) is 2.11. The molecule has 1 aliphatic carbocycles. The average Bonchev–Trinajstić information content (AvgIpc) is 2.88. The van der Waals surface area contributed by atoms with Gasteiger partial charge in [0.1, 0.15) is 0 Å². The predicted molar refractivity (Wildman–Crippen MR) is 47.4 cm³/mol. The highest BCUT2D eigenvalue weighted by molar-refractivity contribution is 5.28. The van der Waals surface area contributed by atoms with Crippen LogP contribution in [0.25, 0.3) is 0 Å². The van der Waals surface area contributed by atoms with E-state index in [1.807, 2.05) is 6.07 Å². The Morgan fingerprint density at radius 1 is 1.42 bits per heavy atom. The van der Waals surface area contributed by atoms with Crippen LogP contribution >= 0.6 is 0 Å². The Hall–Kier alpha value is -0.860. The van der Waals surface area contributed by atoms with Crippen molar-refractivity contribution in [2.45, 2.75) is 25.4 Å². The highest BCUT2D eigenvalue weighted by Gasteiger charge is 2.23. The summed E-state index contributed by atoms with van der Waals surface area (Å²) in [5.74, 6) is 5.81. The van der Waals surface area contributed by atoms with Crippen LogP contribution in [0.2, 0.25) is 0 Å². The van der Waals surface area contributed by atoms with Crippen molar-refractivity contribution in [2.24, 2.45) is 5.90 Å². The summed E-state index contributed by atoms with van der Waals surface area (Å²) in [5, 5.41) is 0. The minimum atomic E-state index is 0.514. The molecule has 1 aromatic carbocycles. The molecule has 0 atom stereocenters. The van der Waals surface area contributed by atoms with Crippen LogP contribution in [0.1, 0.15) is 29.9 Å². The summed E-state index contributed by atoms with van der Waals surface area (Å²) in [6.45, 7) is 0.514. The highest BCUT2D eigenvalue weighted by atomic mass is 16.6. The van der Waals surface area contributed by atoms with E-state index in [1.54, 1.807) is 0 Å². The van der Waals surface area contributed by atoms with Crippen LogP contribution in [-0.2, 0) is 11.4 Å². The predicted octanol–water partition coefficient (Wildman–Crippen LogP) is 1.95. The normalized spacial score (nSPS) is 16.4. The number of nitrogens with two attached hydrogens (primary N) is 1. The van der Waals surface area contributed by atoms with Gasteiger partial charge in [0.15, 0.2) is 0 Å². The lowest BCUT2D eigenvalue weighted by molar-refractivity contribution is 0.124. The third kappa shape index (κ3) is 1.65. The molecule has 64 valence electrons. The van der Waals surface area contributed by atoms with Crippen molar-refractivity contribution in [3.8, 4) is 0 Å². The van der Waals surface area contributed by atoms with E-state index < -0.39 is 0 Å². The lowest BCUT2D eigenvalue weighted by atomic mass is 10.1. The molecule has 1 aliphatic rings. The molecule has 2 nitrogen and oxygen atoms in total. The van der Waals surface area contributed by atoms with Crippen LogP contribution < -0.4 is 5.90 Å². The molecule has 0 bridgehead atoms. The van der Waals surface area contributed by atoms with E-state index in [-0.39, 0.29) is 0 Å². The van der Waals surface area contributed by atoms with Crippen molar-refractivity contribution in [3.63, 3.8) is 0 Å². The molecule has 1 aromatic rings. The summed E-state index contributed by atoms with van der Waals surface area (Å²) in [7, 11) is 0. The molecule has 12 heavy (non-hydrogen) atoms. The first-order chi connectivity index (χ1) is 5.90. The van der Waals surface area contributed by atoms with E-state index >= 15 is 0 Å². The maximum atomic E-state index is 5.00. The van der Waals surface area contributed by atoms with Gasteiger partial charge < -0.3 is 0 Å². The fraction of sp³-hybridized carbons (Fsp3) is 0.400. The van der Waals surface area contributed by atoms with Crippen LogP contribution in [0.5, 0.6) is 0 Å². The van der Waals surface area contributed by atoms with E-state index in [0.29, 0.717) is 6.61 Å². The smallest absolute Gasteiger partial charge is 0.0930 e. The summed E-state index contributed by atoms with van der Waals surface area (Å²) in [6, 6.07) is 8.48. The molecule has 0 unspecified atom stereocenters. The van der Waals surface area contributed by atoms with E-state index in [2.05, 4.69) is 23.0 Å². The van der Waals surface area contributed by atoms with Gasteiger partial charge in [-0.3, -0.25) is 4.84 Å². The Bertz CT molecular complexity index is 268. The average molecular weight is 163 g/mol. The largest absolute Gasteiger partial charge is 0.300 e. The molecule has 0 radical (unpaired) electrons. The Balaban J connectivity index is 2.15. The Labute approximate surface area is 72.3 Å². The second-order valence-electron chi connectivity index (χ2n) is 3.33. The van der Waals surface area contributed by atoms with E-state index in [1.165, 1.54) is 24.0 Å². The molecule has 1 fully saturated rings. The van der Waals surface area contributed by atoms with Gasteiger partial charge in [-0.15, -0.1) is 0 Å². The van der Waals surface area contributed by atoms with Gasteiger partial charge in [0.05, 0.1) is 6.61 Å². The molecule has 0 amide bonds. The third-order valence-corrected chi connectivity index (χ3v) is 2.25. The molecule has 0 spiro atoms. The maximum Gasteiger partial charge on any atom is 0.0930 e. The number of hydrogen-bond donors (Lipinski definition) is 1.